The van der Waals surface area contributed by atoms with Gasteiger partial charge in [0.2, 0.25) is 0 Å². The smallest absolute Gasteiger partial charge is 0.192 e. The van der Waals surface area contributed by atoms with Gasteiger partial charge in [-0.1, -0.05) is 51.1 Å². The predicted molar refractivity (Wildman–Crippen MR) is 101 cm³/mol. The second-order valence-corrected chi connectivity index (χ2v) is 13.9. The zero-order chi connectivity index (χ0) is 18.3. The van der Waals surface area contributed by atoms with E-state index >= 15 is 0 Å². The van der Waals surface area contributed by atoms with E-state index in [4.69, 9.17) is 13.9 Å². The summed E-state index contributed by atoms with van der Waals surface area (Å²) >= 11 is 0. The standard InChI is InChI=1S/C20H32O4Si/c1-19(2,3)25(4,5)24-17-11-16(21)12-20(13-17)14-22-18(23-20)15-9-7-6-8-10-15/h6-10,16-18,21H,11-14H2,1-5H3/t16-,17?,18-,20-/m0/s1. The molecule has 0 amide bonds. The van der Waals surface area contributed by atoms with Gasteiger partial charge in [-0.25, -0.2) is 0 Å². The molecule has 0 bridgehead atoms. The second kappa shape index (κ2) is 6.78. The number of rotatable bonds is 3. The molecule has 1 N–H and O–H groups in total. The van der Waals surface area contributed by atoms with E-state index in [1.165, 1.54) is 0 Å². The van der Waals surface area contributed by atoms with Crippen LogP contribution >= 0.6 is 0 Å². The van der Waals surface area contributed by atoms with E-state index in [0.29, 0.717) is 19.4 Å². The van der Waals surface area contributed by atoms with Crippen molar-refractivity contribution in [3.8, 4) is 0 Å². The molecule has 4 nitrogen and oxygen atoms in total. The Hall–Kier alpha value is -0.723. The predicted octanol–water partition coefficient (Wildman–Crippen LogP) is 4.41. The third-order valence-corrected chi connectivity index (χ3v) is 10.5. The lowest BCUT2D eigenvalue weighted by molar-refractivity contribution is -0.134. The van der Waals surface area contributed by atoms with Crippen LogP contribution in [0.1, 0.15) is 51.9 Å². The summed E-state index contributed by atoms with van der Waals surface area (Å²) in [5.41, 5.74) is 0.590. The molecular formula is C20H32O4Si. The Bertz CT molecular complexity index is 583. The number of ether oxygens (including phenoxy) is 2. The van der Waals surface area contributed by atoms with Gasteiger partial charge in [-0.3, -0.25) is 0 Å². The van der Waals surface area contributed by atoms with E-state index in [0.717, 1.165) is 12.0 Å². The second-order valence-electron chi connectivity index (χ2n) is 9.15. The molecule has 0 aromatic heterocycles. The zero-order valence-corrected chi connectivity index (χ0v) is 17.1. The Morgan fingerprint density at radius 1 is 1.16 bits per heavy atom. The Kier molecular flexibility index (Phi) is 5.17. The van der Waals surface area contributed by atoms with Gasteiger partial charge >= 0.3 is 0 Å². The molecule has 0 radical (unpaired) electrons. The first-order chi connectivity index (χ1) is 11.6. The van der Waals surface area contributed by atoms with Crippen molar-refractivity contribution in [3.63, 3.8) is 0 Å². The van der Waals surface area contributed by atoms with E-state index in [1.54, 1.807) is 0 Å². The maximum atomic E-state index is 10.5. The SMILES string of the molecule is CC(C)(C)[Si](C)(C)OC1C[C@H](O)C[C@@]2(CO[C@H](c3ccccc3)O2)C1. The van der Waals surface area contributed by atoms with Crippen molar-refractivity contribution in [2.75, 3.05) is 6.61 Å². The van der Waals surface area contributed by atoms with Crippen LogP contribution in [-0.2, 0) is 13.9 Å². The highest BCUT2D eigenvalue weighted by Gasteiger charge is 2.50. The van der Waals surface area contributed by atoms with Gasteiger partial charge in [0, 0.05) is 18.4 Å². The van der Waals surface area contributed by atoms with E-state index in [1.807, 2.05) is 30.3 Å². The fourth-order valence-corrected chi connectivity index (χ4v) is 4.96. The Morgan fingerprint density at radius 3 is 2.48 bits per heavy atom. The third-order valence-electron chi connectivity index (χ3n) is 5.94. The molecule has 1 saturated heterocycles. The number of hydrogen-bond donors (Lipinski definition) is 1. The molecule has 1 spiro atoms. The molecule has 1 unspecified atom stereocenters. The summed E-state index contributed by atoms with van der Waals surface area (Å²) in [6, 6.07) is 10.0. The monoisotopic (exact) mass is 364 g/mol. The number of benzene rings is 1. The van der Waals surface area contributed by atoms with Crippen molar-refractivity contribution < 1.29 is 19.0 Å². The molecular weight excluding hydrogens is 332 g/mol. The first-order valence-electron chi connectivity index (χ1n) is 9.31. The summed E-state index contributed by atoms with van der Waals surface area (Å²) in [6.45, 7) is 11.8. The maximum Gasteiger partial charge on any atom is 0.192 e. The summed E-state index contributed by atoms with van der Waals surface area (Å²) in [7, 11) is -1.88. The van der Waals surface area contributed by atoms with Crippen LogP contribution in [0.3, 0.4) is 0 Å². The molecule has 3 rings (SSSR count). The lowest BCUT2D eigenvalue weighted by atomic mass is 9.82. The van der Waals surface area contributed by atoms with Gasteiger partial charge in [-0.05, 0) is 24.6 Å². The summed E-state index contributed by atoms with van der Waals surface area (Å²) in [5.74, 6) is 0. The Morgan fingerprint density at radius 2 is 1.84 bits per heavy atom. The van der Waals surface area contributed by atoms with Crippen molar-refractivity contribution >= 4 is 8.32 Å². The number of aliphatic hydroxyl groups is 1. The van der Waals surface area contributed by atoms with E-state index in [9.17, 15) is 5.11 Å². The molecule has 2 fully saturated rings. The minimum Gasteiger partial charge on any atom is -0.414 e. The van der Waals surface area contributed by atoms with Gasteiger partial charge in [-0.2, -0.15) is 0 Å². The van der Waals surface area contributed by atoms with E-state index < -0.39 is 20.0 Å². The third kappa shape index (κ3) is 4.17. The Labute approximate surface area is 152 Å². The fourth-order valence-electron chi connectivity index (χ4n) is 3.59. The summed E-state index contributed by atoms with van der Waals surface area (Å²) < 4.78 is 18.9. The van der Waals surface area contributed by atoms with Crippen molar-refractivity contribution in [2.45, 2.75) is 82.3 Å². The van der Waals surface area contributed by atoms with E-state index in [2.05, 4.69) is 33.9 Å². The van der Waals surface area contributed by atoms with Crippen molar-refractivity contribution in [1.29, 1.82) is 0 Å². The molecule has 1 aromatic rings. The van der Waals surface area contributed by atoms with Gasteiger partial charge in [0.1, 0.15) is 0 Å². The highest BCUT2D eigenvalue weighted by molar-refractivity contribution is 6.74. The van der Waals surface area contributed by atoms with Gasteiger partial charge in [0.25, 0.3) is 0 Å². The quantitative estimate of drug-likeness (QED) is 0.807. The minimum atomic E-state index is -1.88. The number of hydrogen-bond acceptors (Lipinski definition) is 4. The topological polar surface area (TPSA) is 47.9 Å². The van der Waals surface area contributed by atoms with Crippen LogP contribution in [0.25, 0.3) is 0 Å². The molecule has 2 aliphatic rings. The lowest BCUT2D eigenvalue weighted by Gasteiger charge is -2.45. The van der Waals surface area contributed by atoms with Gasteiger partial charge in [0.05, 0.1) is 24.4 Å². The van der Waals surface area contributed by atoms with Gasteiger partial charge in [0.15, 0.2) is 14.6 Å². The van der Waals surface area contributed by atoms with Crippen molar-refractivity contribution in [3.05, 3.63) is 35.9 Å². The average Bonchev–Trinajstić information content (AvgIpc) is 2.89. The van der Waals surface area contributed by atoms with Crippen LogP contribution in [0.5, 0.6) is 0 Å². The van der Waals surface area contributed by atoms with Gasteiger partial charge < -0.3 is 19.0 Å². The van der Waals surface area contributed by atoms with Crippen LogP contribution in [0.15, 0.2) is 30.3 Å². The molecule has 140 valence electrons. The van der Waals surface area contributed by atoms with Crippen LogP contribution in [-0.4, -0.2) is 37.8 Å². The van der Waals surface area contributed by atoms with Crippen molar-refractivity contribution in [2.24, 2.45) is 0 Å². The average molecular weight is 365 g/mol. The zero-order valence-electron chi connectivity index (χ0n) is 16.1. The van der Waals surface area contributed by atoms with Gasteiger partial charge in [-0.15, -0.1) is 0 Å². The lowest BCUT2D eigenvalue weighted by Crippen LogP contribution is -2.51. The normalized spacial score (nSPS) is 33.8. The molecule has 1 aromatic carbocycles. The molecule has 4 atom stereocenters. The largest absolute Gasteiger partial charge is 0.414 e. The summed E-state index contributed by atoms with van der Waals surface area (Å²) in [5, 5.41) is 10.6. The van der Waals surface area contributed by atoms with Crippen LogP contribution in [0.4, 0.5) is 0 Å². The molecule has 25 heavy (non-hydrogen) atoms. The first-order valence-corrected chi connectivity index (χ1v) is 12.2. The molecule has 5 heteroatoms. The first kappa shape index (κ1) is 19.0. The molecule has 1 aliphatic heterocycles. The highest BCUT2D eigenvalue weighted by atomic mass is 28.4. The van der Waals surface area contributed by atoms with Crippen LogP contribution < -0.4 is 0 Å². The Balaban J connectivity index is 1.71. The number of aliphatic hydroxyl groups excluding tert-OH is 1. The maximum absolute atomic E-state index is 10.5. The molecule has 1 heterocycles. The minimum absolute atomic E-state index is 0.0303. The molecule has 1 saturated carbocycles. The summed E-state index contributed by atoms with van der Waals surface area (Å²) in [4.78, 5) is 0. The van der Waals surface area contributed by atoms with Crippen molar-refractivity contribution in [1.82, 2.24) is 0 Å². The van der Waals surface area contributed by atoms with E-state index in [-0.39, 0.29) is 17.4 Å². The molecule has 1 aliphatic carbocycles. The van der Waals surface area contributed by atoms with Crippen LogP contribution in [0, 0.1) is 0 Å². The highest BCUT2D eigenvalue weighted by Crippen LogP contribution is 2.45. The summed E-state index contributed by atoms with van der Waals surface area (Å²) in [6.07, 6.45) is 1.38. The van der Waals surface area contributed by atoms with Crippen LogP contribution in [0.2, 0.25) is 18.1 Å². The fraction of sp³-hybridized carbons (Fsp3) is 0.700.